The van der Waals surface area contributed by atoms with Crippen LogP contribution in [0, 0.1) is 29.8 Å². The minimum absolute atomic E-state index is 0.0513. The summed E-state index contributed by atoms with van der Waals surface area (Å²) < 4.78 is 49.2. The number of rotatable bonds is 5. The van der Waals surface area contributed by atoms with Gasteiger partial charge in [0.05, 0.1) is 16.1 Å². The number of pyridine rings is 1. The van der Waals surface area contributed by atoms with Crippen LogP contribution in [0.2, 0.25) is 10.2 Å². The molecule has 1 fully saturated rings. The molecule has 0 spiro atoms. The maximum Gasteiger partial charge on any atom is 0.313 e. The molecule has 0 aliphatic carbocycles. The van der Waals surface area contributed by atoms with E-state index in [1.165, 1.54) is 13.0 Å². The Hall–Kier alpha value is -1.83. The van der Waals surface area contributed by atoms with Gasteiger partial charge in [-0.1, -0.05) is 35.3 Å². The molecule has 1 saturated heterocycles. The standard InChI is InChI=1S/C25H29Cl2F3N2O2/c1-14-11-25(23(33)34-24(3,4)5,12-18-19(28)15(2)20(29)22(27)31-18)9-10-32(14)13-16-7-6-8-17(26)21(16)30/h6-8,14H,9-13H2,1-5H3/t14-,25-/m1/s1. The lowest BCUT2D eigenvalue weighted by atomic mass is 9.71. The Morgan fingerprint density at radius 2 is 1.88 bits per heavy atom. The third-order valence-corrected chi connectivity index (χ3v) is 6.80. The van der Waals surface area contributed by atoms with Gasteiger partial charge in [0.15, 0.2) is 16.8 Å². The molecule has 4 nitrogen and oxygen atoms in total. The van der Waals surface area contributed by atoms with Crippen molar-refractivity contribution in [2.75, 3.05) is 6.54 Å². The van der Waals surface area contributed by atoms with Crippen LogP contribution in [0.4, 0.5) is 13.2 Å². The molecular weight excluding hydrogens is 488 g/mol. The summed E-state index contributed by atoms with van der Waals surface area (Å²) in [6, 6.07) is 4.69. The van der Waals surface area contributed by atoms with E-state index in [0.717, 1.165) is 0 Å². The van der Waals surface area contributed by atoms with Crippen molar-refractivity contribution < 1.29 is 22.7 Å². The zero-order chi connectivity index (χ0) is 25.4. The zero-order valence-corrected chi connectivity index (χ0v) is 21.5. The third kappa shape index (κ3) is 5.69. The smallest absolute Gasteiger partial charge is 0.313 e. The molecule has 0 bridgehead atoms. The van der Waals surface area contributed by atoms with E-state index in [0.29, 0.717) is 31.5 Å². The molecule has 0 amide bonds. The fourth-order valence-electron chi connectivity index (χ4n) is 4.43. The number of hydrogen-bond donors (Lipinski definition) is 0. The number of carbonyl (C=O) groups is 1. The van der Waals surface area contributed by atoms with E-state index in [4.69, 9.17) is 27.9 Å². The van der Waals surface area contributed by atoms with Gasteiger partial charge in [0.1, 0.15) is 11.4 Å². The molecule has 0 radical (unpaired) electrons. The SMILES string of the molecule is Cc1c(F)c(Cl)nc(C[C@@]2(C(=O)OC(C)(C)C)CCN(Cc3cccc(Cl)c3F)[C@H](C)C2)c1F. The van der Waals surface area contributed by atoms with Crippen LogP contribution in [0.1, 0.15) is 57.4 Å². The Bertz CT molecular complexity index is 1090. The van der Waals surface area contributed by atoms with Crippen molar-refractivity contribution in [2.45, 2.75) is 72.1 Å². The van der Waals surface area contributed by atoms with Gasteiger partial charge in [-0.3, -0.25) is 9.69 Å². The second-order valence-corrected chi connectivity index (χ2v) is 10.8. The van der Waals surface area contributed by atoms with E-state index >= 15 is 0 Å². The average Bonchev–Trinajstić information content (AvgIpc) is 2.74. The molecule has 2 atom stereocenters. The van der Waals surface area contributed by atoms with E-state index in [-0.39, 0.29) is 28.7 Å². The number of benzene rings is 1. The van der Waals surface area contributed by atoms with Gasteiger partial charge in [0, 0.05) is 30.1 Å². The van der Waals surface area contributed by atoms with Crippen LogP contribution in [0.15, 0.2) is 18.2 Å². The fourth-order valence-corrected chi connectivity index (χ4v) is 4.86. The Morgan fingerprint density at radius 3 is 2.50 bits per heavy atom. The first-order chi connectivity index (χ1) is 15.7. The number of likely N-dealkylation sites (tertiary alicyclic amines) is 1. The molecule has 2 heterocycles. The van der Waals surface area contributed by atoms with Crippen LogP contribution in [0.5, 0.6) is 0 Å². The van der Waals surface area contributed by atoms with Gasteiger partial charge in [0.25, 0.3) is 0 Å². The topological polar surface area (TPSA) is 42.4 Å². The summed E-state index contributed by atoms with van der Waals surface area (Å²) in [6.07, 6.45) is 0.557. The molecule has 1 aromatic heterocycles. The van der Waals surface area contributed by atoms with Crippen LogP contribution in [-0.4, -0.2) is 34.0 Å². The monoisotopic (exact) mass is 516 g/mol. The number of halogens is 5. The maximum atomic E-state index is 14.9. The third-order valence-electron chi connectivity index (χ3n) is 6.26. The largest absolute Gasteiger partial charge is 0.460 e. The first kappa shape index (κ1) is 26.8. The van der Waals surface area contributed by atoms with Gasteiger partial charge in [0.2, 0.25) is 0 Å². The highest BCUT2D eigenvalue weighted by molar-refractivity contribution is 6.30. The predicted molar refractivity (Wildman–Crippen MR) is 126 cm³/mol. The van der Waals surface area contributed by atoms with Gasteiger partial charge < -0.3 is 4.74 Å². The number of ether oxygens (including phenoxy) is 1. The average molecular weight is 517 g/mol. The molecule has 0 saturated carbocycles. The quantitative estimate of drug-likeness (QED) is 0.328. The molecule has 9 heteroatoms. The summed E-state index contributed by atoms with van der Waals surface area (Å²) in [4.78, 5) is 19.4. The van der Waals surface area contributed by atoms with Crippen molar-refractivity contribution in [3.63, 3.8) is 0 Å². The summed E-state index contributed by atoms with van der Waals surface area (Å²) in [7, 11) is 0. The second-order valence-electron chi connectivity index (χ2n) is 10.0. The summed E-state index contributed by atoms with van der Waals surface area (Å²) >= 11 is 11.8. The minimum atomic E-state index is -1.10. The molecule has 34 heavy (non-hydrogen) atoms. The minimum Gasteiger partial charge on any atom is -0.460 e. The lowest BCUT2D eigenvalue weighted by molar-refractivity contribution is -0.172. The summed E-state index contributed by atoms with van der Waals surface area (Å²) in [5.74, 6) is -2.68. The Kier molecular flexibility index (Phi) is 7.90. The summed E-state index contributed by atoms with van der Waals surface area (Å²) in [6.45, 7) is 9.23. The van der Waals surface area contributed by atoms with Crippen LogP contribution in [-0.2, 0) is 22.5 Å². The van der Waals surface area contributed by atoms with E-state index < -0.39 is 39.6 Å². The van der Waals surface area contributed by atoms with E-state index in [9.17, 15) is 18.0 Å². The summed E-state index contributed by atoms with van der Waals surface area (Å²) in [5.41, 5.74) is -1.71. The maximum absolute atomic E-state index is 14.9. The first-order valence-electron chi connectivity index (χ1n) is 11.1. The molecule has 186 valence electrons. The number of nitrogens with zero attached hydrogens (tertiary/aromatic N) is 2. The van der Waals surface area contributed by atoms with E-state index in [1.54, 1.807) is 32.9 Å². The molecule has 2 aromatic rings. The Balaban J connectivity index is 1.92. The molecule has 0 N–H and O–H groups in total. The van der Waals surface area contributed by atoms with Gasteiger partial charge in [-0.25, -0.2) is 18.2 Å². The van der Waals surface area contributed by atoms with Gasteiger partial charge >= 0.3 is 5.97 Å². The van der Waals surface area contributed by atoms with Crippen molar-refractivity contribution in [1.82, 2.24) is 9.88 Å². The highest BCUT2D eigenvalue weighted by Gasteiger charge is 2.47. The van der Waals surface area contributed by atoms with Crippen LogP contribution in [0.25, 0.3) is 0 Å². The number of esters is 1. The Morgan fingerprint density at radius 1 is 1.21 bits per heavy atom. The number of carbonyl (C=O) groups excluding carboxylic acids is 1. The number of hydrogen-bond acceptors (Lipinski definition) is 4. The second kappa shape index (κ2) is 10.0. The molecule has 1 aliphatic rings. The van der Waals surface area contributed by atoms with Gasteiger partial charge in [-0.2, -0.15) is 0 Å². The highest BCUT2D eigenvalue weighted by atomic mass is 35.5. The number of piperidine rings is 1. The van der Waals surface area contributed by atoms with Gasteiger partial charge in [-0.15, -0.1) is 0 Å². The summed E-state index contributed by atoms with van der Waals surface area (Å²) in [5, 5.41) is -0.384. The van der Waals surface area contributed by atoms with E-state index in [1.807, 2.05) is 11.8 Å². The zero-order valence-electron chi connectivity index (χ0n) is 19.9. The predicted octanol–water partition coefficient (Wildman–Crippen LogP) is 6.67. The fraction of sp³-hybridized carbons (Fsp3) is 0.520. The van der Waals surface area contributed by atoms with Crippen molar-refractivity contribution in [3.8, 4) is 0 Å². The van der Waals surface area contributed by atoms with Crippen LogP contribution in [0.3, 0.4) is 0 Å². The highest BCUT2D eigenvalue weighted by Crippen LogP contribution is 2.41. The first-order valence-corrected chi connectivity index (χ1v) is 11.9. The van der Waals surface area contributed by atoms with Crippen molar-refractivity contribution in [3.05, 3.63) is 62.6 Å². The molecule has 0 unspecified atom stereocenters. The normalized spacial score (nSPS) is 21.5. The van der Waals surface area contributed by atoms with Crippen molar-refractivity contribution >= 4 is 29.2 Å². The Labute approximate surface area is 208 Å². The molecule has 1 aliphatic heterocycles. The van der Waals surface area contributed by atoms with Crippen molar-refractivity contribution in [1.29, 1.82) is 0 Å². The van der Waals surface area contributed by atoms with Crippen molar-refractivity contribution in [2.24, 2.45) is 5.41 Å². The lowest BCUT2D eigenvalue weighted by Crippen LogP contribution is -2.51. The molecular formula is C25H29Cl2F3N2O2. The lowest BCUT2D eigenvalue weighted by Gasteiger charge is -2.45. The van der Waals surface area contributed by atoms with Crippen LogP contribution < -0.4 is 0 Å². The van der Waals surface area contributed by atoms with Crippen LogP contribution >= 0.6 is 23.2 Å². The van der Waals surface area contributed by atoms with E-state index in [2.05, 4.69) is 4.98 Å². The number of aromatic nitrogens is 1. The molecule has 1 aromatic carbocycles. The molecule has 3 rings (SSSR count). The van der Waals surface area contributed by atoms with Gasteiger partial charge in [-0.05, 0) is 60.1 Å².